The molecule has 182 valence electrons. The highest BCUT2D eigenvalue weighted by atomic mass is 16.6. The van der Waals surface area contributed by atoms with E-state index < -0.39 is 11.2 Å². The van der Waals surface area contributed by atoms with Crippen LogP contribution >= 0.6 is 0 Å². The summed E-state index contributed by atoms with van der Waals surface area (Å²) in [7, 11) is 0. The molecule has 1 atom stereocenters. The lowest BCUT2D eigenvalue weighted by Crippen LogP contribution is -2.58. The van der Waals surface area contributed by atoms with Gasteiger partial charge in [0.05, 0.1) is 0 Å². The number of fused-ring (bicyclic) bond motifs is 1. The Hall–Kier alpha value is -2.77. The minimum Gasteiger partial charge on any atom is -0.477 e. The van der Waals surface area contributed by atoms with Crippen molar-refractivity contribution in [1.82, 2.24) is 9.80 Å². The van der Waals surface area contributed by atoms with Crippen LogP contribution < -0.4 is 9.47 Å². The predicted molar refractivity (Wildman–Crippen MR) is 124 cm³/mol. The molecule has 8 heteroatoms. The molecule has 1 fully saturated rings. The normalized spacial score (nSPS) is 20.6. The Morgan fingerprint density at radius 1 is 0.939 bits per heavy atom. The van der Waals surface area contributed by atoms with Crippen molar-refractivity contribution < 1.29 is 28.6 Å². The standard InChI is InChI=1S/C25H36N2O6/c1-15-16(2)21-19(17(3)20(15)31-18(4)28)9-10-25(8,32-21)22(29)26-11-13-27(14-12-26)23(30)33-24(5,6)7/h9-14H2,1-8H3. The number of rotatable bonds is 2. The Balaban J connectivity index is 1.75. The fourth-order valence-corrected chi connectivity index (χ4v) is 4.43. The summed E-state index contributed by atoms with van der Waals surface area (Å²) < 4.78 is 17.3. The number of nitrogens with zero attached hydrogens (tertiary/aromatic N) is 2. The SMILES string of the molecule is CC(=O)Oc1c(C)c(C)c2c(c1C)CCC(C)(C(=O)N1CCN(C(=O)OC(C)(C)C)CC1)O2. The highest BCUT2D eigenvalue weighted by molar-refractivity contribution is 5.86. The van der Waals surface area contributed by atoms with Crippen molar-refractivity contribution >= 4 is 18.0 Å². The molecule has 2 heterocycles. The molecule has 0 bridgehead atoms. The average molecular weight is 461 g/mol. The van der Waals surface area contributed by atoms with Crippen molar-refractivity contribution in [2.45, 2.75) is 79.4 Å². The Bertz CT molecular complexity index is 972. The fraction of sp³-hybridized carbons (Fsp3) is 0.640. The molecule has 2 aliphatic heterocycles. The van der Waals surface area contributed by atoms with Crippen molar-refractivity contribution in [2.75, 3.05) is 26.2 Å². The van der Waals surface area contributed by atoms with Gasteiger partial charge < -0.3 is 24.0 Å². The van der Waals surface area contributed by atoms with E-state index in [0.717, 1.165) is 22.3 Å². The van der Waals surface area contributed by atoms with Crippen LogP contribution in [0.25, 0.3) is 0 Å². The summed E-state index contributed by atoms with van der Waals surface area (Å²) in [5.41, 5.74) is 2.03. The van der Waals surface area contributed by atoms with Crippen LogP contribution in [0.5, 0.6) is 11.5 Å². The summed E-state index contributed by atoms with van der Waals surface area (Å²) in [6.45, 7) is 16.2. The number of hydrogen-bond acceptors (Lipinski definition) is 6. The van der Waals surface area contributed by atoms with Gasteiger partial charge in [-0.15, -0.1) is 0 Å². The minimum atomic E-state index is -0.992. The molecular formula is C25H36N2O6. The Morgan fingerprint density at radius 3 is 2.06 bits per heavy atom. The third kappa shape index (κ3) is 5.09. The Morgan fingerprint density at radius 2 is 1.52 bits per heavy atom. The lowest BCUT2D eigenvalue weighted by Gasteiger charge is -2.42. The van der Waals surface area contributed by atoms with Crippen molar-refractivity contribution in [1.29, 1.82) is 0 Å². The molecule has 0 saturated carbocycles. The maximum atomic E-state index is 13.5. The van der Waals surface area contributed by atoms with E-state index in [9.17, 15) is 14.4 Å². The van der Waals surface area contributed by atoms with Gasteiger partial charge in [-0.3, -0.25) is 9.59 Å². The number of esters is 1. The van der Waals surface area contributed by atoms with Gasteiger partial charge in [-0.25, -0.2) is 4.79 Å². The molecule has 1 aromatic carbocycles. The number of hydrogen-bond donors (Lipinski definition) is 0. The molecule has 2 aliphatic rings. The first kappa shape index (κ1) is 24.9. The molecule has 33 heavy (non-hydrogen) atoms. The first-order valence-corrected chi connectivity index (χ1v) is 11.5. The maximum absolute atomic E-state index is 13.5. The third-order valence-corrected chi connectivity index (χ3v) is 6.41. The van der Waals surface area contributed by atoms with E-state index in [1.54, 1.807) is 9.80 Å². The van der Waals surface area contributed by atoms with Crippen molar-refractivity contribution in [3.63, 3.8) is 0 Å². The van der Waals surface area contributed by atoms with Crippen molar-refractivity contribution in [2.24, 2.45) is 0 Å². The molecule has 2 amide bonds. The zero-order valence-electron chi connectivity index (χ0n) is 21.1. The molecule has 1 aromatic rings. The largest absolute Gasteiger partial charge is 0.477 e. The van der Waals surface area contributed by atoms with Crippen LogP contribution in [0.1, 0.15) is 63.3 Å². The molecule has 0 N–H and O–H groups in total. The van der Waals surface area contributed by atoms with Gasteiger partial charge in [0.2, 0.25) is 0 Å². The Kier molecular flexibility index (Phi) is 6.69. The Labute approximate surface area is 196 Å². The van der Waals surface area contributed by atoms with Crippen LogP contribution in [0.3, 0.4) is 0 Å². The minimum absolute atomic E-state index is 0.0734. The quantitative estimate of drug-likeness (QED) is 0.494. The van der Waals surface area contributed by atoms with E-state index >= 15 is 0 Å². The van der Waals surface area contributed by atoms with Gasteiger partial charge in [0.15, 0.2) is 5.60 Å². The van der Waals surface area contributed by atoms with Crippen LogP contribution in [-0.2, 0) is 20.7 Å². The van der Waals surface area contributed by atoms with Gasteiger partial charge in [0.25, 0.3) is 5.91 Å². The number of benzene rings is 1. The third-order valence-electron chi connectivity index (χ3n) is 6.41. The topological polar surface area (TPSA) is 85.4 Å². The molecule has 3 rings (SSSR count). The maximum Gasteiger partial charge on any atom is 0.410 e. The number of amides is 2. The van der Waals surface area contributed by atoms with E-state index in [1.165, 1.54) is 6.92 Å². The zero-order valence-corrected chi connectivity index (χ0v) is 21.1. The van der Waals surface area contributed by atoms with Crippen LogP contribution in [0.15, 0.2) is 0 Å². The highest BCUT2D eigenvalue weighted by Crippen LogP contribution is 2.44. The number of ether oxygens (including phenoxy) is 3. The average Bonchev–Trinajstić information content (AvgIpc) is 2.73. The summed E-state index contributed by atoms with van der Waals surface area (Å²) in [5.74, 6) is 0.851. The van der Waals surface area contributed by atoms with Crippen molar-refractivity contribution in [3.8, 4) is 11.5 Å². The van der Waals surface area contributed by atoms with Crippen LogP contribution in [0.4, 0.5) is 4.79 Å². The van der Waals surface area contributed by atoms with Gasteiger partial charge in [-0.1, -0.05) is 0 Å². The molecule has 1 unspecified atom stereocenters. The summed E-state index contributed by atoms with van der Waals surface area (Å²) >= 11 is 0. The number of piperazine rings is 1. The highest BCUT2D eigenvalue weighted by Gasteiger charge is 2.44. The summed E-state index contributed by atoms with van der Waals surface area (Å²) in [6.07, 6.45) is 0.818. The van der Waals surface area contributed by atoms with Crippen LogP contribution in [-0.4, -0.2) is 65.2 Å². The number of carbonyl (C=O) groups is 3. The number of carbonyl (C=O) groups excluding carboxylic acids is 3. The first-order valence-electron chi connectivity index (χ1n) is 11.5. The molecule has 0 aliphatic carbocycles. The summed E-state index contributed by atoms with van der Waals surface area (Å²) in [5, 5.41) is 0. The first-order chi connectivity index (χ1) is 15.2. The van der Waals surface area contributed by atoms with E-state index in [-0.39, 0.29) is 18.0 Å². The van der Waals surface area contributed by atoms with Gasteiger partial charge in [-0.05, 0) is 71.6 Å². The second-order valence-corrected chi connectivity index (χ2v) is 10.2. The van der Waals surface area contributed by atoms with Crippen molar-refractivity contribution in [3.05, 3.63) is 22.3 Å². The van der Waals surface area contributed by atoms with E-state index in [0.29, 0.717) is 50.5 Å². The summed E-state index contributed by atoms with van der Waals surface area (Å²) in [6, 6.07) is 0. The molecule has 0 aromatic heterocycles. The van der Waals surface area contributed by atoms with Gasteiger partial charge >= 0.3 is 12.1 Å². The van der Waals surface area contributed by atoms with Gasteiger partial charge in [0, 0.05) is 45.1 Å². The molecular weight excluding hydrogens is 424 g/mol. The van der Waals surface area contributed by atoms with Crippen LogP contribution in [0.2, 0.25) is 0 Å². The van der Waals surface area contributed by atoms with Gasteiger partial charge in [0.1, 0.15) is 17.1 Å². The van der Waals surface area contributed by atoms with Crippen LogP contribution in [0, 0.1) is 20.8 Å². The second-order valence-electron chi connectivity index (χ2n) is 10.2. The molecule has 1 saturated heterocycles. The monoisotopic (exact) mass is 460 g/mol. The predicted octanol–water partition coefficient (Wildman–Crippen LogP) is 3.70. The van der Waals surface area contributed by atoms with E-state index in [2.05, 4.69) is 0 Å². The molecule has 0 radical (unpaired) electrons. The molecule has 0 spiro atoms. The van der Waals surface area contributed by atoms with Gasteiger partial charge in [-0.2, -0.15) is 0 Å². The summed E-state index contributed by atoms with van der Waals surface area (Å²) in [4.78, 5) is 40.8. The van der Waals surface area contributed by atoms with E-state index in [1.807, 2.05) is 48.5 Å². The lowest BCUT2D eigenvalue weighted by atomic mass is 9.86. The zero-order chi connectivity index (χ0) is 24.7. The van der Waals surface area contributed by atoms with E-state index in [4.69, 9.17) is 14.2 Å². The fourth-order valence-electron chi connectivity index (χ4n) is 4.43. The smallest absolute Gasteiger partial charge is 0.410 e. The molecule has 8 nitrogen and oxygen atoms in total. The lowest BCUT2D eigenvalue weighted by molar-refractivity contribution is -0.150. The second kappa shape index (κ2) is 8.88.